The Kier molecular flexibility index (Phi) is 3.71. The molecule has 6 nitrogen and oxygen atoms in total. The lowest BCUT2D eigenvalue weighted by Gasteiger charge is -2.40. The summed E-state index contributed by atoms with van der Waals surface area (Å²) >= 11 is 0. The highest BCUT2D eigenvalue weighted by atomic mass is 16.4. The molecule has 0 aromatic carbocycles. The second kappa shape index (κ2) is 5.00. The van der Waals surface area contributed by atoms with Gasteiger partial charge in [0.1, 0.15) is 5.54 Å². The molecule has 2 amide bonds. The summed E-state index contributed by atoms with van der Waals surface area (Å²) in [5, 5.41) is 19.2. The Morgan fingerprint density at radius 3 is 2.58 bits per heavy atom. The van der Waals surface area contributed by atoms with Gasteiger partial charge in [-0.1, -0.05) is 6.92 Å². The molecular formula is C13H22N2O4. The van der Waals surface area contributed by atoms with Crippen molar-refractivity contribution in [1.82, 2.24) is 9.80 Å². The Morgan fingerprint density at radius 1 is 1.32 bits per heavy atom. The van der Waals surface area contributed by atoms with Gasteiger partial charge in [-0.2, -0.15) is 0 Å². The summed E-state index contributed by atoms with van der Waals surface area (Å²) in [7, 11) is 0. The number of aliphatic hydroxyl groups is 1. The molecule has 0 aliphatic carbocycles. The molecule has 0 radical (unpaired) electrons. The summed E-state index contributed by atoms with van der Waals surface area (Å²) < 4.78 is 0. The second-order valence-corrected chi connectivity index (χ2v) is 5.90. The van der Waals surface area contributed by atoms with Gasteiger partial charge in [0, 0.05) is 19.6 Å². The number of hydrogen-bond donors (Lipinski definition) is 2. The summed E-state index contributed by atoms with van der Waals surface area (Å²) in [6.07, 6.45) is 1.43. The van der Waals surface area contributed by atoms with Crippen LogP contribution in [0.15, 0.2) is 0 Å². The van der Waals surface area contributed by atoms with Crippen LogP contribution in [0.1, 0.15) is 33.1 Å². The zero-order valence-corrected chi connectivity index (χ0v) is 11.5. The molecule has 2 aliphatic rings. The normalized spacial score (nSPS) is 35.5. The Bertz CT molecular complexity index is 387. The van der Waals surface area contributed by atoms with Crippen molar-refractivity contribution in [2.45, 2.75) is 44.8 Å². The maximum Gasteiger partial charge on any atom is 0.329 e. The highest BCUT2D eigenvalue weighted by Crippen LogP contribution is 2.31. The Morgan fingerprint density at radius 2 is 2.00 bits per heavy atom. The van der Waals surface area contributed by atoms with E-state index in [0.29, 0.717) is 32.5 Å². The molecule has 2 rings (SSSR count). The topological polar surface area (TPSA) is 81.1 Å². The molecule has 0 aromatic rings. The SMILES string of the molecule is CC1CCN(C(=O)N2CCCC2(C)C(=O)O)CC1O. The minimum atomic E-state index is -1.11. The number of hydrogen-bond acceptors (Lipinski definition) is 3. The van der Waals surface area contributed by atoms with Crippen LogP contribution in [-0.2, 0) is 4.79 Å². The van der Waals surface area contributed by atoms with Gasteiger partial charge in [0.05, 0.1) is 6.10 Å². The predicted octanol–water partition coefficient (Wildman–Crippen LogP) is 0.748. The van der Waals surface area contributed by atoms with Crippen LogP contribution in [0, 0.1) is 5.92 Å². The van der Waals surface area contributed by atoms with E-state index in [1.807, 2.05) is 6.92 Å². The summed E-state index contributed by atoms with van der Waals surface area (Å²) in [6.45, 7) is 4.92. The number of carbonyl (C=O) groups excluding carboxylic acids is 1. The van der Waals surface area contributed by atoms with Crippen LogP contribution in [0.4, 0.5) is 4.79 Å². The van der Waals surface area contributed by atoms with Gasteiger partial charge in [-0.3, -0.25) is 0 Å². The van der Waals surface area contributed by atoms with E-state index >= 15 is 0 Å². The quantitative estimate of drug-likeness (QED) is 0.736. The third-order valence-corrected chi connectivity index (χ3v) is 4.52. The number of aliphatic hydroxyl groups excluding tert-OH is 1. The van der Waals surface area contributed by atoms with E-state index in [0.717, 1.165) is 6.42 Å². The monoisotopic (exact) mass is 270 g/mol. The lowest BCUT2D eigenvalue weighted by Crippen LogP contribution is -2.57. The summed E-state index contributed by atoms with van der Waals surface area (Å²) in [4.78, 5) is 26.8. The molecule has 2 N–H and O–H groups in total. The zero-order valence-electron chi connectivity index (χ0n) is 11.5. The number of rotatable bonds is 1. The third-order valence-electron chi connectivity index (χ3n) is 4.52. The fourth-order valence-electron chi connectivity index (χ4n) is 2.89. The van der Waals surface area contributed by atoms with E-state index in [1.54, 1.807) is 11.8 Å². The number of carboxylic acid groups (broad SMARTS) is 1. The van der Waals surface area contributed by atoms with Crippen LogP contribution in [0.2, 0.25) is 0 Å². The lowest BCUT2D eigenvalue weighted by atomic mass is 9.96. The Labute approximate surface area is 113 Å². The van der Waals surface area contributed by atoms with Crippen molar-refractivity contribution in [3.8, 4) is 0 Å². The lowest BCUT2D eigenvalue weighted by molar-refractivity contribution is -0.147. The highest BCUT2D eigenvalue weighted by molar-refractivity contribution is 5.86. The summed E-state index contributed by atoms with van der Waals surface area (Å²) in [5.41, 5.74) is -1.11. The van der Waals surface area contributed by atoms with Crippen LogP contribution < -0.4 is 0 Å². The number of carboxylic acids is 1. The van der Waals surface area contributed by atoms with Crippen LogP contribution in [0.25, 0.3) is 0 Å². The minimum absolute atomic E-state index is 0.188. The maximum atomic E-state index is 12.5. The van der Waals surface area contributed by atoms with Gasteiger partial charge in [-0.15, -0.1) is 0 Å². The average molecular weight is 270 g/mol. The molecule has 108 valence electrons. The molecule has 2 saturated heterocycles. The van der Waals surface area contributed by atoms with Gasteiger partial charge in [0.25, 0.3) is 0 Å². The number of aliphatic carboxylic acids is 1. The smallest absolute Gasteiger partial charge is 0.329 e. The number of carbonyl (C=O) groups is 2. The van der Waals surface area contributed by atoms with Crippen molar-refractivity contribution in [2.75, 3.05) is 19.6 Å². The number of likely N-dealkylation sites (tertiary alicyclic amines) is 2. The van der Waals surface area contributed by atoms with Crippen molar-refractivity contribution < 1.29 is 19.8 Å². The molecule has 0 spiro atoms. The van der Waals surface area contributed by atoms with Crippen molar-refractivity contribution in [3.63, 3.8) is 0 Å². The molecule has 2 fully saturated rings. The van der Waals surface area contributed by atoms with Gasteiger partial charge in [-0.05, 0) is 32.1 Å². The van der Waals surface area contributed by atoms with Gasteiger partial charge in [0.2, 0.25) is 0 Å². The number of nitrogens with zero attached hydrogens (tertiary/aromatic N) is 2. The average Bonchev–Trinajstić information content (AvgIpc) is 2.75. The third kappa shape index (κ3) is 2.41. The maximum absolute atomic E-state index is 12.5. The zero-order chi connectivity index (χ0) is 14.2. The van der Waals surface area contributed by atoms with Gasteiger partial charge in [-0.25, -0.2) is 9.59 Å². The largest absolute Gasteiger partial charge is 0.480 e. The van der Waals surface area contributed by atoms with E-state index in [2.05, 4.69) is 0 Å². The van der Waals surface area contributed by atoms with E-state index in [4.69, 9.17) is 0 Å². The molecule has 0 aromatic heterocycles. The molecule has 19 heavy (non-hydrogen) atoms. The molecule has 3 atom stereocenters. The predicted molar refractivity (Wildman–Crippen MR) is 68.7 cm³/mol. The first-order valence-corrected chi connectivity index (χ1v) is 6.84. The van der Waals surface area contributed by atoms with Gasteiger partial charge >= 0.3 is 12.0 Å². The van der Waals surface area contributed by atoms with Crippen LogP contribution in [0.3, 0.4) is 0 Å². The van der Waals surface area contributed by atoms with E-state index in [1.165, 1.54) is 4.90 Å². The summed E-state index contributed by atoms with van der Waals surface area (Å²) in [6, 6.07) is -0.256. The second-order valence-electron chi connectivity index (χ2n) is 5.90. The van der Waals surface area contributed by atoms with Gasteiger partial charge in [0.15, 0.2) is 0 Å². The Hall–Kier alpha value is -1.30. The van der Waals surface area contributed by atoms with Crippen molar-refractivity contribution in [2.24, 2.45) is 5.92 Å². The Balaban J connectivity index is 2.09. The number of piperidine rings is 1. The first-order valence-electron chi connectivity index (χ1n) is 6.84. The number of amides is 2. The van der Waals surface area contributed by atoms with E-state index < -0.39 is 17.6 Å². The molecule has 2 heterocycles. The first kappa shape index (κ1) is 14.1. The van der Waals surface area contributed by atoms with Crippen LogP contribution >= 0.6 is 0 Å². The van der Waals surface area contributed by atoms with E-state index in [-0.39, 0.29) is 11.9 Å². The molecule has 3 unspecified atom stereocenters. The van der Waals surface area contributed by atoms with Crippen molar-refractivity contribution in [3.05, 3.63) is 0 Å². The fourth-order valence-corrected chi connectivity index (χ4v) is 2.89. The van der Waals surface area contributed by atoms with Crippen LogP contribution in [-0.4, -0.2) is 63.3 Å². The van der Waals surface area contributed by atoms with Gasteiger partial charge < -0.3 is 20.0 Å². The highest BCUT2D eigenvalue weighted by Gasteiger charge is 2.47. The van der Waals surface area contributed by atoms with E-state index in [9.17, 15) is 19.8 Å². The first-order chi connectivity index (χ1) is 8.86. The van der Waals surface area contributed by atoms with Crippen LogP contribution in [0.5, 0.6) is 0 Å². The molecule has 0 saturated carbocycles. The summed E-state index contributed by atoms with van der Waals surface area (Å²) in [5.74, 6) is -0.766. The molecule has 6 heteroatoms. The molecule has 2 aliphatic heterocycles. The minimum Gasteiger partial charge on any atom is -0.480 e. The standard InChI is InChI=1S/C13H22N2O4/c1-9-4-7-14(8-10(9)16)12(19)15-6-3-5-13(15,2)11(17)18/h9-10,16H,3-8H2,1-2H3,(H,17,18). The molecular weight excluding hydrogens is 248 g/mol. The van der Waals surface area contributed by atoms with Crippen molar-refractivity contribution >= 4 is 12.0 Å². The number of urea groups is 1. The number of β-amino-alcohol motifs (C(OH)–C–C–N with tert-alkyl or cyclic N) is 1. The molecule has 0 bridgehead atoms. The fraction of sp³-hybridized carbons (Fsp3) is 0.846. The van der Waals surface area contributed by atoms with Crippen molar-refractivity contribution in [1.29, 1.82) is 0 Å².